The van der Waals surface area contributed by atoms with Gasteiger partial charge in [0.1, 0.15) is 0 Å². The van der Waals surface area contributed by atoms with Gasteiger partial charge in [0.2, 0.25) is 6.54 Å². The highest BCUT2D eigenvalue weighted by Gasteiger charge is 2.05. The quantitative estimate of drug-likeness (QED) is 0.654. The van der Waals surface area contributed by atoms with Crippen LogP contribution < -0.4 is 0 Å². The molecule has 12 heavy (non-hydrogen) atoms. The van der Waals surface area contributed by atoms with Crippen molar-refractivity contribution in [2.24, 2.45) is 0 Å². The minimum atomic E-state index is 0.511. The molecule has 0 N–H and O–H groups in total. The topological polar surface area (TPSA) is 17.2 Å². The van der Waals surface area contributed by atoms with Crippen molar-refractivity contribution in [3.8, 4) is 0 Å². The lowest BCUT2D eigenvalue weighted by Crippen LogP contribution is -1.82. The van der Waals surface area contributed by atoms with E-state index in [1.165, 1.54) is 9.88 Å². The average molecular weight is 180 g/mol. The van der Waals surface area contributed by atoms with E-state index in [0.717, 1.165) is 6.42 Å². The zero-order valence-electron chi connectivity index (χ0n) is 7.37. The van der Waals surface area contributed by atoms with Crippen molar-refractivity contribution < 1.29 is 0 Å². The molecule has 0 aromatic carbocycles. The van der Waals surface area contributed by atoms with Crippen molar-refractivity contribution in [3.63, 3.8) is 0 Å². The van der Waals surface area contributed by atoms with Crippen LogP contribution in [0.25, 0.3) is 4.85 Å². The van der Waals surface area contributed by atoms with Crippen molar-refractivity contribution in [2.45, 2.75) is 26.2 Å². The Morgan fingerprint density at radius 3 is 2.92 bits per heavy atom. The zero-order valence-corrected chi connectivity index (χ0v) is 8.19. The number of nitrogens with zero attached hydrogens (tertiary/aromatic N) is 2. The Morgan fingerprint density at radius 1 is 1.67 bits per heavy atom. The Kier molecular flexibility index (Phi) is 3.24. The molecule has 1 heterocycles. The van der Waals surface area contributed by atoms with Gasteiger partial charge >= 0.3 is 0 Å². The third-order valence-corrected chi connectivity index (χ3v) is 2.89. The van der Waals surface area contributed by atoms with Gasteiger partial charge in [-0.2, -0.15) is 0 Å². The van der Waals surface area contributed by atoms with Crippen molar-refractivity contribution in [1.29, 1.82) is 0 Å². The number of rotatable bonds is 3. The Bertz CT molecular complexity index is 283. The predicted octanol–water partition coefficient (Wildman–Crippen LogP) is 2.73. The lowest BCUT2D eigenvalue weighted by Gasteiger charge is -1.94. The fourth-order valence-corrected chi connectivity index (χ4v) is 1.78. The first-order valence-electron chi connectivity index (χ1n) is 4.02. The summed E-state index contributed by atoms with van der Waals surface area (Å²) < 4.78 is 0. The standard InChI is InChI=1S/C9H12N2S/c1-7(2)9-11-6-8(12-9)4-5-10-3/h6-7H,4-5H2,1-2H3. The minimum absolute atomic E-state index is 0.511. The van der Waals surface area contributed by atoms with Crippen LogP contribution in [0.1, 0.15) is 29.7 Å². The summed E-state index contributed by atoms with van der Waals surface area (Å²) in [4.78, 5) is 8.83. The summed E-state index contributed by atoms with van der Waals surface area (Å²) >= 11 is 1.73. The Balaban J connectivity index is 2.59. The van der Waals surface area contributed by atoms with Gasteiger partial charge in [0.25, 0.3) is 0 Å². The molecule has 0 spiro atoms. The molecular formula is C9H12N2S. The third-order valence-electron chi connectivity index (χ3n) is 1.54. The van der Waals surface area contributed by atoms with Crippen LogP contribution in [0.4, 0.5) is 0 Å². The van der Waals surface area contributed by atoms with Gasteiger partial charge in [-0.1, -0.05) is 13.8 Å². The van der Waals surface area contributed by atoms with Gasteiger partial charge < -0.3 is 4.85 Å². The molecule has 0 saturated heterocycles. The van der Waals surface area contributed by atoms with E-state index in [1.807, 2.05) is 6.20 Å². The molecule has 0 atom stereocenters. The molecule has 0 aliphatic heterocycles. The van der Waals surface area contributed by atoms with E-state index < -0.39 is 0 Å². The minimum Gasteiger partial charge on any atom is -0.317 e. The lowest BCUT2D eigenvalue weighted by atomic mass is 10.2. The van der Waals surface area contributed by atoms with Gasteiger partial charge in [-0.25, -0.2) is 11.6 Å². The summed E-state index contributed by atoms with van der Waals surface area (Å²) in [7, 11) is 0. The summed E-state index contributed by atoms with van der Waals surface area (Å²) in [5, 5.41) is 1.18. The van der Waals surface area contributed by atoms with Crippen LogP contribution >= 0.6 is 11.3 Å². The summed E-state index contributed by atoms with van der Waals surface area (Å²) in [5.41, 5.74) is 0. The summed E-state index contributed by atoms with van der Waals surface area (Å²) in [6, 6.07) is 0. The van der Waals surface area contributed by atoms with Crippen LogP contribution in [0.2, 0.25) is 0 Å². The van der Waals surface area contributed by atoms with Crippen molar-refractivity contribution in [2.75, 3.05) is 6.54 Å². The number of hydrogen-bond donors (Lipinski definition) is 0. The predicted molar refractivity (Wildman–Crippen MR) is 51.4 cm³/mol. The monoisotopic (exact) mass is 180 g/mol. The van der Waals surface area contributed by atoms with Crippen LogP contribution in [0, 0.1) is 6.57 Å². The van der Waals surface area contributed by atoms with Crippen LogP contribution in [0.15, 0.2) is 6.20 Å². The highest BCUT2D eigenvalue weighted by atomic mass is 32.1. The Labute approximate surface area is 77.1 Å². The normalized spacial score (nSPS) is 10.2. The van der Waals surface area contributed by atoms with E-state index >= 15 is 0 Å². The maximum atomic E-state index is 6.65. The molecular weight excluding hydrogens is 168 g/mol. The molecule has 64 valence electrons. The van der Waals surface area contributed by atoms with Gasteiger partial charge in [0, 0.05) is 17.0 Å². The highest BCUT2D eigenvalue weighted by molar-refractivity contribution is 7.11. The number of aromatic nitrogens is 1. The van der Waals surface area contributed by atoms with Gasteiger partial charge in [0.15, 0.2) is 0 Å². The molecule has 3 heteroatoms. The molecule has 0 amide bonds. The van der Waals surface area contributed by atoms with Crippen LogP contribution in [0.5, 0.6) is 0 Å². The molecule has 0 bridgehead atoms. The van der Waals surface area contributed by atoms with Crippen LogP contribution in [-0.4, -0.2) is 11.5 Å². The lowest BCUT2D eigenvalue weighted by molar-refractivity contribution is 0.852. The molecule has 1 rings (SSSR count). The first-order chi connectivity index (χ1) is 5.74. The molecule has 1 aromatic rings. The second-order valence-electron chi connectivity index (χ2n) is 2.95. The second-order valence-corrected chi connectivity index (χ2v) is 4.10. The highest BCUT2D eigenvalue weighted by Crippen LogP contribution is 2.21. The van der Waals surface area contributed by atoms with E-state index in [-0.39, 0.29) is 0 Å². The van der Waals surface area contributed by atoms with E-state index in [9.17, 15) is 0 Å². The third kappa shape index (κ3) is 2.31. The van der Waals surface area contributed by atoms with Crippen LogP contribution in [-0.2, 0) is 6.42 Å². The molecule has 0 aliphatic rings. The fourth-order valence-electron chi connectivity index (χ4n) is 0.871. The summed E-state index contributed by atoms with van der Waals surface area (Å²) in [5.74, 6) is 0.511. The number of hydrogen-bond acceptors (Lipinski definition) is 2. The first kappa shape index (κ1) is 9.21. The van der Waals surface area contributed by atoms with E-state index in [1.54, 1.807) is 11.3 Å². The summed E-state index contributed by atoms with van der Waals surface area (Å²) in [6.45, 7) is 11.5. The van der Waals surface area contributed by atoms with Crippen molar-refractivity contribution in [1.82, 2.24) is 4.98 Å². The smallest absolute Gasteiger partial charge is 0.219 e. The van der Waals surface area contributed by atoms with Gasteiger partial charge in [-0.3, -0.25) is 0 Å². The Hall–Kier alpha value is -0.880. The van der Waals surface area contributed by atoms with Crippen molar-refractivity contribution in [3.05, 3.63) is 27.5 Å². The number of thiazole rings is 1. The van der Waals surface area contributed by atoms with Crippen LogP contribution in [0.3, 0.4) is 0 Å². The molecule has 1 aromatic heterocycles. The van der Waals surface area contributed by atoms with Gasteiger partial charge in [-0.05, 0) is 0 Å². The zero-order chi connectivity index (χ0) is 8.97. The average Bonchev–Trinajstić information content (AvgIpc) is 2.48. The summed E-state index contributed by atoms with van der Waals surface area (Å²) in [6.07, 6.45) is 2.75. The van der Waals surface area contributed by atoms with Crippen molar-refractivity contribution >= 4 is 11.3 Å². The maximum Gasteiger partial charge on any atom is 0.219 e. The molecule has 0 fully saturated rings. The second kappa shape index (κ2) is 4.22. The first-order valence-corrected chi connectivity index (χ1v) is 4.83. The Morgan fingerprint density at radius 2 is 2.42 bits per heavy atom. The van der Waals surface area contributed by atoms with Gasteiger partial charge in [0.05, 0.1) is 11.4 Å². The molecule has 2 nitrogen and oxygen atoms in total. The molecule has 0 saturated carbocycles. The van der Waals surface area contributed by atoms with E-state index in [4.69, 9.17) is 6.57 Å². The molecule has 0 unspecified atom stereocenters. The maximum absolute atomic E-state index is 6.65. The largest absolute Gasteiger partial charge is 0.317 e. The SMILES string of the molecule is [C-]#[N+]CCc1cnc(C(C)C)s1. The molecule has 0 aliphatic carbocycles. The molecule has 0 radical (unpaired) electrons. The van der Waals surface area contributed by atoms with Gasteiger partial charge in [-0.15, -0.1) is 11.3 Å². The fraction of sp³-hybridized carbons (Fsp3) is 0.556. The van der Waals surface area contributed by atoms with E-state index in [2.05, 4.69) is 23.7 Å². The van der Waals surface area contributed by atoms with E-state index in [0.29, 0.717) is 12.5 Å².